The lowest BCUT2D eigenvalue weighted by Gasteiger charge is -2.28. The van der Waals surface area contributed by atoms with Gasteiger partial charge in [-0.15, -0.1) is 0 Å². The second-order valence-electron chi connectivity index (χ2n) is 6.70. The van der Waals surface area contributed by atoms with E-state index in [4.69, 9.17) is 0 Å². The van der Waals surface area contributed by atoms with Crippen molar-refractivity contribution >= 4 is 5.95 Å². The first-order valence-electron chi connectivity index (χ1n) is 7.94. The Hall–Kier alpha value is -1.20. The third-order valence-corrected chi connectivity index (χ3v) is 3.98. The molecule has 118 valence electrons. The van der Waals surface area contributed by atoms with Crippen LogP contribution in [0.3, 0.4) is 0 Å². The predicted octanol–water partition coefficient (Wildman–Crippen LogP) is 1.96. The van der Waals surface area contributed by atoms with E-state index in [2.05, 4.69) is 29.1 Å². The lowest BCUT2D eigenvalue weighted by atomic mass is 10.0. The molecule has 0 atom stereocenters. The molecule has 1 heterocycles. The molecule has 5 heteroatoms. The van der Waals surface area contributed by atoms with E-state index in [9.17, 15) is 5.11 Å². The molecule has 1 aliphatic rings. The SMILES string of the molecule is CC(C)CNCc1cnc(N(C)CC2(O)CCCC2)nc1. The van der Waals surface area contributed by atoms with Crippen LogP contribution in [0, 0.1) is 5.92 Å². The lowest BCUT2D eigenvalue weighted by Crippen LogP contribution is -2.39. The van der Waals surface area contributed by atoms with E-state index < -0.39 is 5.60 Å². The van der Waals surface area contributed by atoms with Crippen molar-refractivity contribution in [3.63, 3.8) is 0 Å². The summed E-state index contributed by atoms with van der Waals surface area (Å²) >= 11 is 0. The predicted molar refractivity (Wildman–Crippen MR) is 85.3 cm³/mol. The van der Waals surface area contributed by atoms with Crippen LogP contribution >= 0.6 is 0 Å². The summed E-state index contributed by atoms with van der Waals surface area (Å²) in [5.74, 6) is 1.33. The number of nitrogens with one attached hydrogen (secondary N) is 1. The zero-order chi connectivity index (χ0) is 15.3. The van der Waals surface area contributed by atoms with Crippen LogP contribution in [0.1, 0.15) is 45.1 Å². The molecule has 21 heavy (non-hydrogen) atoms. The molecule has 0 unspecified atom stereocenters. The van der Waals surface area contributed by atoms with Gasteiger partial charge in [0.25, 0.3) is 0 Å². The Morgan fingerprint density at radius 2 is 1.90 bits per heavy atom. The van der Waals surface area contributed by atoms with E-state index in [1.54, 1.807) is 0 Å². The van der Waals surface area contributed by atoms with Crippen molar-refractivity contribution in [3.05, 3.63) is 18.0 Å². The van der Waals surface area contributed by atoms with E-state index in [0.717, 1.165) is 44.3 Å². The van der Waals surface area contributed by atoms with Crippen LogP contribution in [0.5, 0.6) is 0 Å². The van der Waals surface area contributed by atoms with E-state index in [-0.39, 0.29) is 0 Å². The van der Waals surface area contributed by atoms with Crippen molar-refractivity contribution in [1.82, 2.24) is 15.3 Å². The van der Waals surface area contributed by atoms with Gasteiger partial charge in [0.15, 0.2) is 0 Å². The van der Waals surface area contributed by atoms with Crippen molar-refractivity contribution in [3.8, 4) is 0 Å². The Bertz CT molecular complexity index is 426. The highest BCUT2D eigenvalue weighted by Gasteiger charge is 2.32. The average molecular weight is 292 g/mol. The summed E-state index contributed by atoms with van der Waals surface area (Å²) in [6, 6.07) is 0. The molecule has 1 aliphatic carbocycles. The van der Waals surface area contributed by atoms with Gasteiger partial charge in [0.2, 0.25) is 5.95 Å². The molecule has 0 spiro atoms. The molecular formula is C16H28N4O. The first kappa shape index (κ1) is 16.2. The number of hydrogen-bond acceptors (Lipinski definition) is 5. The third-order valence-electron chi connectivity index (χ3n) is 3.98. The second kappa shape index (κ2) is 7.18. The Labute approximate surface area is 127 Å². The van der Waals surface area contributed by atoms with Gasteiger partial charge in [-0.3, -0.25) is 0 Å². The number of hydrogen-bond donors (Lipinski definition) is 2. The highest BCUT2D eigenvalue weighted by atomic mass is 16.3. The van der Waals surface area contributed by atoms with Gasteiger partial charge in [-0.25, -0.2) is 9.97 Å². The molecule has 0 aromatic carbocycles. The zero-order valence-electron chi connectivity index (χ0n) is 13.5. The highest BCUT2D eigenvalue weighted by Crippen LogP contribution is 2.30. The molecule has 0 aliphatic heterocycles. The normalized spacial score (nSPS) is 17.4. The number of aromatic nitrogens is 2. The maximum atomic E-state index is 10.4. The third kappa shape index (κ3) is 4.93. The quantitative estimate of drug-likeness (QED) is 0.804. The largest absolute Gasteiger partial charge is 0.388 e. The number of anilines is 1. The van der Waals surface area contributed by atoms with Gasteiger partial charge in [-0.1, -0.05) is 26.7 Å². The van der Waals surface area contributed by atoms with Gasteiger partial charge in [0.05, 0.1) is 5.60 Å². The van der Waals surface area contributed by atoms with Crippen molar-refractivity contribution in [2.24, 2.45) is 5.92 Å². The molecule has 0 bridgehead atoms. The fourth-order valence-corrected chi connectivity index (χ4v) is 2.84. The minimum absolute atomic E-state index is 0.560. The lowest BCUT2D eigenvalue weighted by molar-refractivity contribution is 0.0556. The Balaban J connectivity index is 1.86. The van der Waals surface area contributed by atoms with Crippen molar-refractivity contribution in [1.29, 1.82) is 0 Å². The van der Waals surface area contributed by atoms with Gasteiger partial charge in [0.1, 0.15) is 0 Å². The molecule has 2 N–H and O–H groups in total. The van der Waals surface area contributed by atoms with Crippen LogP contribution in [0.15, 0.2) is 12.4 Å². The highest BCUT2D eigenvalue weighted by molar-refractivity contribution is 5.29. The van der Waals surface area contributed by atoms with Crippen molar-refractivity contribution in [2.75, 3.05) is 25.0 Å². The molecule has 1 fully saturated rings. The first-order chi connectivity index (χ1) is 9.98. The topological polar surface area (TPSA) is 61.3 Å². The molecule has 5 nitrogen and oxygen atoms in total. The van der Waals surface area contributed by atoms with Crippen LogP contribution in [0.2, 0.25) is 0 Å². The number of rotatable bonds is 7. The Kier molecular flexibility index (Phi) is 5.53. The van der Waals surface area contributed by atoms with Gasteiger partial charge >= 0.3 is 0 Å². The molecule has 1 aromatic rings. The van der Waals surface area contributed by atoms with Gasteiger partial charge in [-0.05, 0) is 25.3 Å². The number of likely N-dealkylation sites (N-methyl/N-ethyl adjacent to an activating group) is 1. The van der Waals surface area contributed by atoms with Crippen molar-refractivity contribution < 1.29 is 5.11 Å². The van der Waals surface area contributed by atoms with E-state index in [1.807, 2.05) is 24.3 Å². The summed E-state index contributed by atoms with van der Waals surface area (Å²) in [4.78, 5) is 10.8. The van der Waals surface area contributed by atoms with E-state index >= 15 is 0 Å². The molecule has 1 aromatic heterocycles. The Morgan fingerprint density at radius 1 is 1.29 bits per heavy atom. The maximum absolute atomic E-state index is 10.4. The van der Waals surface area contributed by atoms with Gasteiger partial charge in [0, 0.05) is 38.1 Å². The number of aliphatic hydroxyl groups is 1. The standard InChI is InChI=1S/C16H28N4O/c1-13(2)8-17-9-14-10-18-15(19-11-14)20(3)12-16(21)6-4-5-7-16/h10-11,13,17,21H,4-9,12H2,1-3H3. The second-order valence-corrected chi connectivity index (χ2v) is 6.70. The van der Waals surface area contributed by atoms with Crippen LogP contribution < -0.4 is 10.2 Å². The zero-order valence-corrected chi connectivity index (χ0v) is 13.5. The van der Waals surface area contributed by atoms with Crippen molar-refractivity contribution in [2.45, 2.75) is 51.7 Å². The Morgan fingerprint density at radius 3 is 2.48 bits per heavy atom. The first-order valence-corrected chi connectivity index (χ1v) is 7.94. The fraction of sp³-hybridized carbons (Fsp3) is 0.750. The average Bonchev–Trinajstić information content (AvgIpc) is 2.85. The molecule has 2 rings (SSSR count). The van der Waals surface area contributed by atoms with Gasteiger partial charge in [-0.2, -0.15) is 0 Å². The monoisotopic (exact) mass is 292 g/mol. The van der Waals surface area contributed by atoms with Crippen LogP contribution in [-0.4, -0.2) is 40.8 Å². The smallest absolute Gasteiger partial charge is 0.225 e. The summed E-state index contributed by atoms with van der Waals surface area (Å²) in [7, 11) is 1.95. The summed E-state index contributed by atoms with van der Waals surface area (Å²) in [5, 5.41) is 13.8. The summed E-state index contributed by atoms with van der Waals surface area (Å²) in [6.07, 6.45) is 7.73. The summed E-state index contributed by atoms with van der Waals surface area (Å²) in [6.45, 7) is 6.78. The van der Waals surface area contributed by atoms with Crippen LogP contribution in [0.25, 0.3) is 0 Å². The molecule has 0 amide bonds. The minimum Gasteiger partial charge on any atom is -0.388 e. The molecular weight excluding hydrogens is 264 g/mol. The van der Waals surface area contributed by atoms with Gasteiger partial charge < -0.3 is 15.3 Å². The minimum atomic E-state index is -0.560. The molecule has 0 saturated heterocycles. The fourth-order valence-electron chi connectivity index (χ4n) is 2.84. The number of nitrogens with zero attached hydrogens (tertiary/aromatic N) is 3. The summed E-state index contributed by atoms with van der Waals surface area (Å²) < 4.78 is 0. The molecule has 1 saturated carbocycles. The maximum Gasteiger partial charge on any atom is 0.225 e. The molecule has 0 radical (unpaired) electrons. The van der Waals surface area contributed by atoms with E-state index in [1.165, 1.54) is 0 Å². The van der Waals surface area contributed by atoms with E-state index in [0.29, 0.717) is 18.4 Å². The van der Waals surface area contributed by atoms with Crippen LogP contribution in [-0.2, 0) is 6.54 Å². The van der Waals surface area contributed by atoms with Crippen LogP contribution in [0.4, 0.5) is 5.95 Å². The summed E-state index contributed by atoms with van der Waals surface area (Å²) in [5.41, 5.74) is 0.530.